The van der Waals surface area contributed by atoms with Gasteiger partial charge in [-0.15, -0.1) is 0 Å². The van der Waals surface area contributed by atoms with E-state index >= 15 is 0 Å². The van der Waals surface area contributed by atoms with E-state index in [2.05, 4.69) is 6.92 Å². The van der Waals surface area contributed by atoms with E-state index < -0.39 is 0 Å². The summed E-state index contributed by atoms with van der Waals surface area (Å²) in [5, 5.41) is 0. The number of esters is 1. The number of ether oxygens (including phenoxy) is 1. The zero-order chi connectivity index (χ0) is 9.05. The fourth-order valence-corrected chi connectivity index (χ4v) is 4.07. The van der Waals surface area contributed by atoms with Gasteiger partial charge in [0.2, 0.25) is 0 Å². The molecule has 1 saturated heterocycles. The van der Waals surface area contributed by atoms with Gasteiger partial charge in [0.1, 0.15) is 0 Å². The Balaban J connectivity index is 1.97. The summed E-state index contributed by atoms with van der Waals surface area (Å²) in [4.78, 5) is 11.7. The fourth-order valence-electron chi connectivity index (χ4n) is 4.07. The first-order chi connectivity index (χ1) is 6.22. The minimum absolute atomic E-state index is 0.0255. The smallest absolute Gasteiger partial charge is 0.312 e. The van der Waals surface area contributed by atoms with Crippen molar-refractivity contribution in [2.45, 2.75) is 32.6 Å². The highest BCUT2D eigenvalue weighted by molar-refractivity contribution is 5.79. The molecule has 0 aromatic heterocycles. The first kappa shape index (κ1) is 7.84. The lowest BCUT2D eigenvalue weighted by Crippen LogP contribution is -2.36. The summed E-state index contributed by atoms with van der Waals surface area (Å²) in [5.41, 5.74) is -0.0255. The summed E-state index contributed by atoms with van der Waals surface area (Å²) in [6.45, 7) is 2.98. The summed E-state index contributed by atoms with van der Waals surface area (Å²) in [6, 6.07) is 0. The van der Waals surface area contributed by atoms with Crippen molar-refractivity contribution in [3.63, 3.8) is 0 Å². The Hall–Kier alpha value is -0.530. The average Bonchev–Trinajstić information content (AvgIpc) is 2.69. The van der Waals surface area contributed by atoms with Crippen molar-refractivity contribution in [1.82, 2.24) is 0 Å². The van der Waals surface area contributed by atoms with E-state index in [4.69, 9.17) is 4.74 Å². The van der Waals surface area contributed by atoms with Crippen molar-refractivity contribution in [3.8, 4) is 0 Å². The van der Waals surface area contributed by atoms with Crippen LogP contribution in [0.1, 0.15) is 32.6 Å². The highest BCUT2D eigenvalue weighted by Crippen LogP contribution is 2.61. The van der Waals surface area contributed by atoms with Crippen LogP contribution in [0, 0.1) is 23.2 Å². The number of rotatable bonds is 0. The molecule has 3 rings (SSSR count). The minimum Gasteiger partial charge on any atom is -0.465 e. The number of cyclic esters (lactones) is 1. The molecule has 2 nitrogen and oxygen atoms in total. The van der Waals surface area contributed by atoms with Crippen molar-refractivity contribution in [3.05, 3.63) is 0 Å². The Labute approximate surface area is 78.6 Å². The average molecular weight is 180 g/mol. The van der Waals surface area contributed by atoms with E-state index in [0.717, 1.165) is 24.7 Å². The fraction of sp³-hybridized carbons (Fsp3) is 0.909. The van der Waals surface area contributed by atoms with E-state index in [0.29, 0.717) is 12.5 Å². The molecular formula is C11H16O2. The predicted octanol–water partition coefficient (Wildman–Crippen LogP) is 1.99. The molecule has 3 unspecified atom stereocenters. The monoisotopic (exact) mass is 180 g/mol. The Bertz CT molecular complexity index is 261. The van der Waals surface area contributed by atoms with Crippen LogP contribution in [0.3, 0.4) is 0 Å². The molecule has 2 bridgehead atoms. The molecule has 2 aliphatic carbocycles. The Morgan fingerprint density at radius 2 is 2.31 bits per heavy atom. The molecule has 0 aromatic carbocycles. The van der Waals surface area contributed by atoms with E-state index in [9.17, 15) is 4.79 Å². The van der Waals surface area contributed by atoms with Gasteiger partial charge in [-0.05, 0) is 43.4 Å². The van der Waals surface area contributed by atoms with E-state index in [1.807, 2.05) is 0 Å². The van der Waals surface area contributed by atoms with Crippen LogP contribution < -0.4 is 0 Å². The standard InChI is InChI=1S/C11H16O2/c1-7-4-8-5-9(7)11(6-8)2-3-13-10(11)12/h7-9H,2-6H2,1H3/t7-,8?,9?,11?/m0/s1. The summed E-state index contributed by atoms with van der Waals surface area (Å²) >= 11 is 0. The van der Waals surface area contributed by atoms with Crippen molar-refractivity contribution >= 4 is 5.97 Å². The SMILES string of the molecule is C[C@H]1CC2CC1C1(CCOC1=O)C2. The van der Waals surface area contributed by atoms with Crippen molar-refractivity contribution in [1.29, 1.82) is 0 Å². The molecule has 2 heteroatoms. The third kappa shape index (κ3) is 0.818. The van der Waals surface area contributed by atoms with Crippen LogP contribution >= 0.6 is 0 Å². The van der Waals surface area contributed by atoms with Gasteiger partial charge in [-0.2, -0.15) is 0 Å². The second-order valence-electron chi connectivity index (χ2n) is 5.17. The molecule has 1 heterocycles. The quantitative estimate of drug-likeness (QED) is 0.533. The van der Waals surface area contributed by atoms with Crippen LogP contribution in [0.5, 0.6) is 0 Å². The van der Waals surface area contributed by atoms with Crippen molar-refractivity contribution in [2.24, 2.45) is 23.2 Å². The van der Waals surface area contributed by atoms with Gasteiger partial charge in [0, 0.05) is 0 Å². The maximum Gasteiger partial charge on any atom is 0.312 e. The topological polar surface area (TPSA) is 26.3 Å². The van der Waals surface area contributed by atoms with Gasteiger partial charge in [-0.25, -0.2) is 0 Å². The molecular weight excluding hydrogens is 164 g/mol. The molecule has 0 radical (unpaired) electrons. The number of carbonyl (C=O) groups excluding carboxylic acids is 1. The maximum atomic E-state index is 11.7. The second kappa shape index (κ2) is 2.28. The third-order valence-electron chi connectivity index (χ3n) is 4.53. The van der Waals surface area contributed by atoms with Crippen LogP contribution in [0.15, 0.2) is 0 Å². The maximum absolute atomic E-state index is 11.7. The van der Waals surface area contributed by atoms with Crippen molar-refractivity contribution in [2.75, 3.05) is 6.61 Å². The van der Waals surface area contributed by atoms with Gasteiger partial charge in [-0.3, -0.25) is 4.79 Å². The number of fused-ring (bicyclic) bond motifs is 3. The zero-order valence-electron chi connectivity index (χ0n) is 8.08. The highest BCUT2D eigenvalue weighted by atomic mass is 16.5. The van der Waals surface area contributed by atoms with Gasteiger partial charge in [0.05, 0.1) is 12.0 Å². The minimum atomic E-state index is -0.0255. The van der Waals surface area contributed by atoms with Crippen LogP contribution in [0.4, 0.5) is 0 Å². The molecule has 0 aromatic rings. The van der Waals surface area contributed by atoms with Gasteiger partial charge < -0.3 is 4.74 Å². The molecule has 13 heavy (non-hydrogen) atoms. The Kier molecular flexibility index (Phi) is 1.38. The molecule has 1 aliphatic heterocycles. The van der Waals surface area contributed by atoms with E-state index in [1.54, 1.807) is 0 Å². The van der Waals surface area contributed by atoms with E-state index in [1.165, 1.54) is 12.8 Å². The van der Waals surface area contributed by atoms with Gasteiger partial charge >= 0.3 is 5.97 Å². The molecule has 1 spiro atoms. The van der Waals surface area contributed by atoms with Gasteiger partial charge in [-0.1, -0.05) is 6.92 Å². The van der Waals surface area contributed by atoms with Crippen LogP contribution in [0.25, 0.3) is 0 Å². The molecule has 3 aliphatic rings. The zero-order valence-corrected chi connectivity index (χ0v) is 8.08. The first-order valence-electron chi connectivity index (χ1n) is 5.39. The van der Waals surface area contributed by atoms with Crippen molar-refractivity contribution < 1.29 is 9.53 Å². The molecule has 0 N–H and O–H groups in total. The first-order valence-corrected chi connectivity index (χ1v) is 5.39. The number of carbonyl (C=O) groups is 1. The highest BCUT2D eigenvalue weighted by Gasteiger charge is 2.60. The summed E-state index contributed by atoms with van der Waals surface area (Å²) in [6.07, 6.45) is 4.76. The third-order valence-corrected chi connectivity index (χ3v) is 4.53. The Morgan fingerprint density at radius 3 is 2.85 bits per heavy atom. The molecule has 4 atom stereocenters. The van der Waals surface area contributed by atoms with Crippen LogP contribution in [-0.4, -0.2) is 12.6 Å². The molecule has 0 amide bonds. The second-order valence-corrected chi connectivity index (χ2v) is 5.17. The van der Waals surface area contributed by atoms with Crippen LogP contribution in [-0.2, 0) is 9.53 Å². The van der Waals surface area contributed by atoms with E-state index in [-0.39, 0.29) is 11.4 Å². The summed E-state index contributed by atoms with van der Waals surface area (Å²) in [5.74, 6) is 2.34. The number of hydrogen-bond acceptors (Lipinski definition) is 2. The Morgan fingerprint density at radius 1 is 1.46 bits per heavy atom. The predicted molar refractivity (Wildman–Crippen MR) is 48.0 cm³/mol. The van der Waals surface area contributed by atoms with Gasteiger partial charge in [0.25, 0.3) is 0 Å². The largest absolute Gasteiger partial charge is 0.465 e. The normalized spacial score (nSPS) is 53.3. The lowest BCUT2D eigenvalue weighted by atomic mass is 9.68. The summed E-state index contributed by atoms with van der Waals surface area (Å²) in [7, 11) is 0. The lowest BCUT2D eigenvalue weighted by molar-refractivity contribution is -0.149. The molecule has 3 fully saturated rings. The molecule has 2 saturated carbocycles. The van der Waals surface area contributed by atoms with Crippen LogP contribution in [0.2, 0.25) is 0 Å². The summed E-state index contributed by atoms with van der Waals surface area (Å²) < 4.78 is 5.15. The van der Waals surface area contributed by atoms with Gasteiger partial charge in [0.15, 0.2) is 0 Å². The lowest BCUT2D eigenvalue weighted by Gasteiger charge is -2.33. The number of hydrogen-bond donors (Lipinski definition) is 0. The molecule has 72 valence electrons.